The van der Waals surface area contributed by atoms with Crippen molar-refractivity contribution in [3.05, 3.63) is 16.0 Å². The predicted octanol–water partition coefficient (Wildman–Crippen LogP) is 3.23. The molecule has 0 aliphatic heterocycles. The molecule has 25 heavy (non-hydrogen) atoms. The van der Waals surface area contributed by atoms with Crippen LogP contribution in [0.5, 0.6) is 0 Å². The molecule has 4 atom stereocenters. The Balaban J connectivity index is 1.85. The number of carbonyl (C=O) groups is 3. The van der Waals surface area contributed by atoms with E-state index in [-0.39, 0.29) is 24.3 Å². The molecule has 2 bridgehead atoms. The lowest BCUT2D eigenvalue weighted by Crippen LogP contribution is -2.38. The second-order valence-electron chi connectivity index (χ2n) is 6.92. The molecule has 0 aromatic carbocycles. The van der Waals surface area contributed by atoms with E-state index in [2.05, 4.69) is 5.32 Å². The number of thiophene rings is 1. The highest BCUT2D eigenvalue weighted by Crippen LogP contribution is 2.52. The maximum absolute atomic E-state index is 12.9. The zero-order valence-electron chi connectivity index (χ0n) is 14.6. The Morgan fingerprint density at radius 2 is 1.84 bits per heavy atom. The van der Waals surface area contributed by atoms with Crippen LogP contribution in [0.3, 0.4) is 0 Å². The van der Waals surface area contributed by atoms with E-state index in [4.69, 9.17) is 4.74 Å². The number of amides is 1. The van der Waals surface area contributed by atoms with Gasteiger partial charge in [-0.1, -0.05) is 0 Å². The Morgan fingerprint density at radius 3 is 2.44 bits per heavy atom. The summed E-state index contributed by atoms with van der Waals surface area (Å²) in [6, 6.07) is 0. The van der Waals surface area contributed by atoms with Crippen molar-refractivity contribution in [1.29, 1.82) is 0 Å². The molecule has 1 aromatic heterocycles. The van der Waals surface area contributed by atoms with Gasteiger partial charge in [-0.25, -0.2) is 4.79 Å². The molecule has 7 heteroatoms. The van der Waals surface area contributed by atoms with Crippen LogP contribution in [0, 0.1) is 37.5 Å². The first-order chi connectivity index (χ1) is 11.8. The van der Waals surface area contributed by atoms with Gasteiger partial charge in [-0.05, 0) is 57.4 Å². The van der Waals surface area contributed by atoms with Crippen molar-refractivity contribution in [2.24, 2.45) is 23.7 Å². The maximum atomic E-state index is 12.9. The van der Waals surface area contributed by atoms with E-state index in [1.54, 1.807) is 6.92 Å². The number of anilines is 1. The predicted molar refractivity (Wildman–Crippen MR) is 93.8 cm³/mol. The fourth-order valence-electron chi connectivity index (χ4n) is 4.38. The van der Waals surface area contributed by atoms with E-state index >= 15 is 0 Å². The number of aliphatic carboxylic acids is 1. The van der Waals surface area contributed by atoms with Crippen molar-refractivity contribution in [3.8, 4) is 0 Å². The van der Waals surface area contributed by atoms with Gasteiger partial charge >= 0.3 is 11.9 Å². The summed E-state index contributed by atoms with van der Waals surface area (Å²) < 4.78 is 5.10. The molecule has 1 aromatic rings. The number of aryl methyl sites for hydroxylation is 1. The Morgan fingerprint density at radius 1 is 1.20 bits per heavy atom. The summed E-state index contributed by atoms with van der Waals surface area (Å²) in [5.41, 5.74) is 1.18. The van der Waals surface area contributed by atoms with Gasteiger partial charge in [0, 0.05) is 4.88 Å². The molecular formula is C18H23NO5S. The summed E-state index contributed by atoms with van der Waals surface area (Å²) in [4.78, 5) is 37.7. The third kappa shape index (κ3) is 3.05. The number of hydrogen-bond donors (Lipinski definition) is 2. The molecule has 0 radical (unpaired) electrons. The molecule has 2 saturated carbocycles. The molecule has 2 N–H and O–H groups in total. The number of esters is 1. The fraction of sp³-hybridized carbons (Fsp3) is 0.611. The molecule has 1 heterocycles. The van der Waals surface area contributed by atoms with Crippen molar-refractivity contribution in [1.82, 2.24) is 0 Å². The zero-order chi connectivity index (χ0) is 18.3. The Hall–Kier alpha value is -1.89. The largest absolute Gasteiger partial charge is 0.481 e. The van der Waals surface area contributed by atoms with E-state index in [0.717, 1.165) is 29.7 Å². The Bertz CT molecular complexity index is 725. The van der Waals surface area contributed by atoms with Gasteiger partial charge in [-0.2, -0.15) is 0 Å². The lowest BCUT2D eigenvalue weighted by molar-refractivity contribution is -0.148. The summed E-state index contributed by atoms with van der Waals surface area (Å²) in [6.07, 6.45) is 2.60. The summed E-state index contributed by atoms with van der Waals surface area (Å²) >= 11 is 1.33. The smallest absolute Gasteiger partial charge is 0.341 e. The van der Waals surface area contributed by atoms with Crippen LogP contribution >= 0.6 is 11.3 Å². The number of rotatable bonds is 5. The van der Waals surface area contributed by atoms with E-state index in [1.165, 1.54) is 11.3 Å². The SMILES string of the molecule is CCOC(=O)c1c(NC(=O)[C@H]2[C@H]3CC[C@@H](C3)[C@H]2C(=O)O)sc(C)c1C. The van der Waals surface area contributed by atoms with Crippen molar-refractivity contribution in [2.75, 3.05) is 11.9 Å². The monoisotopic (exact) mass is 365 g/mol. The highest BCUT2D eigenvalue weighted by Gasteiger charge is 2.54. The molecule has 1 amide bonds. The number of nitrogens with one attached hydrogen (secondary N) is 1. The molecule has 2 fully saturated rings. The van der Waals surface area contributed by atoms with Gasteiger partial charge in [-0.15, -0.1) is 11.3 Å². The molecule has 0 saturated heterocycles. The molecule has 0 unspecified atom stereocenters. The third-order valence-corrected chi connectivity index (χ3v) is 6.73. The first-order valence-electron chi connectivity index (χ1n) is 8.65. The maximum Gasteiger partial charge on any atom is 0.341 e. The summed E-state index contributed by atoms with van der Waals surface area (Å²) in [5, 5.41) is 12.8. The van der Waals surface area contributed by atoms with Gasteiger partial charge in [0.15, 0.2) is 0 Å². The molecule has 0 spiro atoms. The summed E-state index contributed by atoms with van der Waals surface area (Å²) in [6.45, 7) is 5.70. The Labute approximate surface area is 150 Å². The quantitative estimate of drug-likeness (QED) is 0.782. The van der Waals surface area contributed by atoms with Crippen LogP contribution in [0.15, 0.2) is 0 Å². The van der Waals surface area contributed by atoms with E-state index < -0.39 is 23.8 Å². The van der Waals surface area contributed by atoms with Gasteiger partial charge in [0.2, 0.25) is 5.91 Å². The summed E-state index contributed by atoms with van der Waals surface area (Å²) in [7, 11) is 0. The van der Waals surface area contributed by atoms with Gasteiger partial charge < -0.3 is 15.2 Å². The average Bonchev–Trinajstić information content (AvgIpc) is 3.21. The van der Waals surface area contributed by atoms with Crippen LogP contribution in [0.1, 0.15) is 47.0 Å². The molecule has 3 rings (SSSR count). The minimum absolute atomic E-state index is 0.0922. The van der Waals surface area contributed by atoms with Crippen LogP contribution in [0.25, 0.3) is 0 Å². The van der Waals surface area contributed by atoms with Crippen molar-refractivity contribution in [2.45, 2.75) is 40.0 Å². The lowest BCUT2D eigenvalue weighted by Gasteiger charge is -2.26. The summed E-state index contributed by atoms with van der Waals surface area (Å²) in [5.74, 6) is -2.56. The van der Waals surface area contributed by atoms with Crippen LogP contribution in [-0.2, 0) is 14.3 Å². The average molecular weight is 365 g/mol. The van der Waals surface area contributed by atoms with Gasteiger partial charge in [0.25, 0.3) is 0 Å². The van der Waals surface area contributed by atoms with Crippen molar-refractivity contribution in [3.63, 3.8) is 0 Å². The third-order valence-electron chi connectivity index (χ3n) is 5.61. The van der Waals surface area contributed by atoms with Crippen molar-refractivity contribution >= 4 is 34.2 Å². The van der Waals surface area contributed by atoms with Crippen LogP contribution in [0.2, 0.25) is 0 Å². The number of carbonyl (C=O) groups excluding carboxylic acids is 2. The van der Waals surface area contributed by atoms with Gasteiger partial charge in [0.1, 0.15) is 5.00 Å². The zero-order valence-corrected chi connectivity index (χ0v) is 15.4. The van der Waals surface area contributed by atoms with Gasteiger partial charge in [-0.3, -0.25) is 9.59 Å². The van der Waals surface area contributed by atoms with Crippen molar-refractivity contribution < 1.29 is 24.2 Å². The fourth-order valence-corrected chi connectivity index (χ4v) is 5.43. The first kappa shape index (κ1) is 17.9. The normalized spacial score (nSPS) is 27.3. The Kier molecular flexibility index (Phi) is 4.86. The number of ether oxygens (including phenoxy) is 1. The number of carboxylic acids is 1. The highest BCUT2D eigenvalue weighted by atomic mass is 32.1. The molecular weight excluding hydrogens is 342 g/mol. The second kappa shape index (κ2) is 6.78. The van der Waals surface area contributed by atoms with Crippen LogP contribution in [0.4, 0.5) is 5.00 Å². The van der Waals surface area contributed by atoms with Gasteiger partial charge in [0.05, 0.1) is 24.0 Å². The van der Waals surface area contributed by atoms with E-state index in [1.807, 2.05) is 13.8 Å². The molecule has 2 aliphatic carbocycles. The minimum atomic E-state index is -0.892. The standard InChI is InChI=1S/C18H23NO5S/c1-4-24-18(23)12-8(2)9(3)25-16(12)19-15(20)13-10-5-6-11(7-10)14(13)17(21)22/h10-11,13-14H,4-7H2,1-3H3,(H,19,20)(H,21,22)/t10-,11-,13-,14+/m0/s1. The molecule has 136 valence electrons. The molecule has 6 nitrogen and oxygen atoms in total. The topological polar surface area (TPSA) is 92.7 Å². The van der Waals surface area contributed by atoms with E-state index in [9.17, 15) is 19.5 Å². The van der Waals surface area contributed by atoms with E-state index in [0.29, 0.717) is 10.6 Å². The van der Waals surface area contributed by atoms with Crippen LogP contribution < -0.4 is 5.32 Å². The first-order valence-corrected chi connectivity index (χ1v) is 9.47. The second-order valence-corrected chi connectivity index (χ2v) is 8.14. The number of carboxylic acid groups (broad SMARTS) is 1. The number of hydrogen-bond acceptors (Lipinski definition) is 5. The van der Waals surface area contributed by atoms with Crippen LogP contribution in [-0.4, -0.2) is 29.6 Å². The lowest BCUT2D eigenvalue weighted by atomic mass is 9.79. The minimum Gasteiger partial charge on any atom is -0.481 e. The molecule has 2 aliphatic rings. The highest BCUT2D eigenvalue weighted by molar-refractivity contribution is 7.16. The number of fused-ring (bicyclic) bond motifs is 2.